The van der Waals surface area contributed by atoms with Crippen molar-refractivity contribution in [1.82, 2.24) is 14.9 Å². The van der Waals surface area contributed by atoms with Gasteiger partial charge in [-0.1, -0.05) is 0 Å². The number of ether oxygens (including phenoxy) is 2. The summed E-state index contributed by atoms with van der Waals surface area (Å²) < 4.78 is 25.8. The first kappa shape index (κ1) is 19.4. The molecule has 0 radical (unpaired) electrons. The summed E-state index contributed by atoms with van der Waals surface area (Å²) in [5.74, 6) is 1.20. The fourth-order valence-corrected chi connectivity index (χ4v) is 3.09. The van der Waals surface area contributed by atoms with Gasteiger partial charge in [-0.3, -0.25) is 4.79 Å². The molecule has 30 heavy (non-hydrogen) atoms. The number of hydrogen-bond donors (Lipinski definition) is 1. The molecule has 2 heterocycles. The van der Waals surface area contributed by atoms with Crippen LogP contribution >= 0.6 is 0 Å². The fraction of sp³-hybridized carbons (Fsp3) is 0.130. The van der Waals surface area contributed by atoms with Crippen LogP contribution in [0.3, 0.4) is 0 Å². The number of rotatable bonds is 7. The summed E-state index contributed by atoms with van der Waals surface area (Å²) in [6.07, 6.45) is 3.48. The van der Waals surface area contributed by atoms with Crippen molar-refractivity contribution in [2.24, 2.45) is 0 Å². The number of carbonyl (C=O) groups excluding carboxylic acids is 1. The lowest BCUT2D eigenvalue weighted by molar-refractivity contribution is -0.121. The summed E-state index contributed by atoms with van der Waals surface area (Å²) in [5, 5.41) is 3.92. The van der Waals surface area contributed by atoms with E-state index < -0.39 is 0 Å². The Labute approximate surface area is 172 Å². The predicted molar refractivity (Wildman–Crippen MR) is 111 cm³/mol. The Morgan fingerprint density at radius 2 is 1.87 bits per heavy atom. The van der Waals surface area contributed by atoms with Crippen LogP contribution in [0.2, 0.25) is 0 Å². The first-order valence-corrected chi connectivity index (χ1v) is 9.38. The molecule has 0 spiro atoms. The highest BCUT2D eigenvalue weighted by Gasteiger charge is 2.08. The van der Waals surface area contributed by atoms with Gasteiger partial charge in [-0.25, -0.2) is 9.37 Å². The van der Waals surface area contributed by atoms with Crippen molar-refractivity contribution >= 4 is 16.8 Å². The van der Waals surface area contributed by atoms with Crippen molar-refractivity contribution in [3.63, 3.8) is 0 Å². The standard InChI is InChI=1S/C23H20FN3O3/c1-29-20-6-7-21-17(13-20)9-11-27(21)15-22(28)26-14-16-8-10-25-23(12-16)30-19-4-2-18(24)3-5-19/h2-13H,14-15H2,1H3,(H,26,28). The van der Waals surface area contributed by atoms with Gasteiger partial charge in [0.25, 0.3) is 0 Å². The molecular formula is C23H20FN3O3. The van der Waals surface area contributed by atoms with Crippen molar-refractivity contribution in [3.8, 4) is 17.4 Å². The van der Waals surface area contributed by atoms with Crippen molar-refractivity contribution in [1.29, 1.82) is 0 Å². The first-order chi connectivity index (χ1) is 14.6. The van der Waals surface area contributed by atoms with Crippen LogP contribution in [-0.4, -0.2) is 22.6 Å². The van der Waals surface area contributed by atoms with Gasteiger partial charge in [-0.05, 0) is 60.2 Å². The van der Waals surface area contributed by atoms with E-state index in [2.05, 4.69) is 10.3 Å². The third-order valence-electron chi connectivity index (χ3n) is 4.62. The van der Waals surface area contributed by atoms with Crippen LogP contribution in [0.25, 0.3) is 10.9 Å². The third-order valence-corrected chi connectivity index (χ3v) is 4.62. The number of pyridine rings is 1. The Balaban J connectivity index is 1.36. The highest BCUT2D eigenvalue weighted by Crippen LogP contribution is 2.22. The smallest absolute Gasteiger partial charge is 0.240 e. The number of aromatic nitrogens is 2. The van der Waals surface area contributed by atoms with E-state index in [9.17, 15) is 9.18 Å². The van der Waals surface area contributed by atoms with E-state index in [0.717, 1.165) is 22.2 Å². The summed E-state index contributed by atoms with van der Waals surface area (Å²) in [6.45, 7) is 0.550. The third kappa shape index (κ3) is 4.57. The number of nitrogens with one attached hydrogen (secondary N) is 1. The number of nitrogens with zero attached hydrogens (tertiary/aromatic N) is 2. The van der Waals surface area contributed by atoms with Gasteiger partial charge in [0, 0.05) is 35.9 Å². The zero-order valence-electron chi connectivity index (χ0n) is 16.3. The van der Waals surface area contributed by atoms with Gasteiger partial charge in [-0.2, -0.15) is 0 Å². The number of amides is 1. The largest absolute Gasteiger partial charge is 0.497 e. The second kappa shape index (κ2) is 8.65. The molecule has 2 aromatic heterocycles. The molecule has 7 heteroatoms. The van der Waals surface area contributed by atoms with Crippen molar-refractivity contribution < 1.29 is 18.7 Å². The summed E-state index contributed by atoms with van der Waals surface area (Å²) in [4.78, 5) is 16.6. The van der Waals surface area contributed by atoms with E-state index in [0.29, 0.717) is 18.2 Å². The maximum atomic E-state index is 13.0. The molecule has 2 aromatic carbocycles. The first-order valence-electron chi connectivity index (χ1n) is 9.38. The second-order valence-electron chi connectivity index (χ2n) is 6.70. The van der Waals surface area contributed by atoms with Crippen LogP contribution in [0.5, 0.6) is 17.4 Å². The fourth-order valence-electron chi connectivity index (χ4n) is 3.09. The van der Waals surface area contributed by atoms with Crippen LogP contribution in [0.4, 0.5) is 4.39 Å². The monoisotopic (exact) mass is 405 g/mol. The average molecular weight is 405 g/mol. The van der Waals surface area contributed by atoms with Crippen LogP contribution in [0.1, 0.15) is 5.56 Å². The van der Waals surface area contributed by atoms with Crippen LogP contribution in [0, 0.1) is 5.82 Å². The van der Waals surface area contributed by atoms with Gasteiger partial charge in [0.05, 0.1) is 7.11 Å². The maximum absolute atomic E-state index is 13.0. The molecule has 0 unspecified atom stereocenters. The Bertz CT molecular complexity index is 1170. The van der Waals surface area contributed by atoms with Crippen molar-refractivity contribution in [2.75, 3.05) is 7.11 Å². The summed E-state index contributed by atoms with van der Waals surface area (Å²) >= 11 is 0. The average Bonchev–Trinajstić information content (AvgIpc) is 3.16. The molecule has 0 aliphatic carbocycles. The highest BCUT2D eigenvalue weighted by atomic mass is 19.1. The molecule has 152 valence electrons. The predicted octanol–water partition coefficient (Wildman–Crippen LogP) is 4.29. The Morgan fingerprint density at radius 3 is 2.67 bits per heavy atom. The molecule has 0 aliphatic heterocycles. The van der Waals surface area contributed by atoms with Gasteiger partial charge >= 0.3 is 0 Å². The molecule has 6 nitrogen and oxygen atoms in total. The molecule has 4 rings (SSSR count). The van der Waals surface area contributed by atoms with E-state index in [1.165, 1.54) is 24.3 Å². The second-order valence-corrected chi connectivity index (χ2v) is 6.70. The normalized spacial score (nSPS) is 10.7. The molecule has 0 saturated carbocycles. The molecule has 0 bridgehead atoms. The zero-order chi connectivity index (χ0) is 20.9. The molecule has 1 amide bonds. The number of benzene rings is 2. The summed E-state index contributed by atoms with van der Waals surface area (Å²) in [7, 11) is 1.63. The van der Waals surface area contributed by atoms with E-state index in [-0.39, 0.29) is 18.3 Å². The summed E-state index contributed by atoms with van der Waals surface area (Å²) in [5.41, 5.74) is 1.81. The van der Waals surface area contributed by atoms with E-state index in [4.69, 9.17) is 9.47 Å². The van der Waals surface area contributed by atoms with Crippen molar-refractivity contribution in [3.05, 3.63) is 84.4 Å². The molecule has 0 saturated heterocycles. The minimum Gasteiger partial charge on any atom is -0.497 e. The summed E-state index contributed by atoms with van der Waals surface area (Å²) in [6, 6.07) is 16.9. The van der Waals surface area contributed by atoms with Gasteiger partial charge in [-0.15, -0.1) is 0 Å². The molecular weight excluding hydrogens is 385 g/mol. The Morgan fingerprint density at radius 1 is 1.07 bits per heavy atom. The molecule has 4 aromatic rings. The molecule has 0 aliphatic rings. The number of hydrogen-bond acceptors (Lipinski definition) is 4. The topological polar surface area (TPSA) is 65.4 Å². The molecule has 0 fully saturated rings. The van der Waals surface area contributed by atoms with Gasteiger partial charge in [0.15, 0.2) is 0 Å². The lowest BCUT2D eigenvalue weighted by atomic mass is 10.2. The van der Waals surface area contributed by atoms with E-state index >= 15 is 0 Å². The Hall–Kier alpha value is -3.87. The van der Waals surface area contributed by atoms with Crippen LogP contribution < -0.4 is 14.8 Å². The van der Waals surface area contributed by atoms with Gasteiger partial charge < -0.3 is 19.4 Å². The number of fused-ring (bicyclic) bond motifs is 1. The molecule has 1 N–H and O–H groups in total. The van der Waals surface area contributed by atoms with Gasteiger partial charge in [0.1, 0.15) is 23.9 Å². The number of carbonyl (C=O) groups is 1. The lowest BCUT2D eigenvalue weighted by Gasteiger charge is -2.09. The Kier molecular flexibility index (Phi) is 5.61. The van der Waals surface area contributed by atoms with Crippen LogP contribution in [0.15, 0.2) is 73.1 Å². The molecule has 0 atom stereocenters. The number of methoxy groups -OCH3 is 1. The SMILES string of the molecule is COc1ccc2c(ccn2CC(=O)NCc2ccnc(Oc3ccc(F)cc3)c2)c1. The van der Waals surface area contributed by atoms with E-state index in [1.54, 1.807) is 25.4 Å². The number of halogens is 1. The minimum absolute atomic E-state index is 0.110. The highest BCUT2D eigenvalue weighted by molar-refractivity contribution is 5.84. The van der Waals surface area contributed by atoms with Crippen molar-refractivity contribution in [2.45, 2.75) is 13.1 Å². The zero-order valence-corrected chi connectivity index (χ0v) is 16.3. The maximum Gasteiger partial charge on any atom is 0.240 e. The quantitative estimate of drug-likeness (QED) is 0.498. The minimum atomic E-state index is -0.332. The van der Waals surface area contributed by atoms with Gasteiger partial charge in [0.2, 0.25) is 11.8 Å². The lowest BCUT2D eigenvalue weighted by Crippen LogP contribution is -2.26. The van der Waals surface area contributed by atoms with Crippen LogP contribution in [-0.2, 0) is 17.9 Å². The van der Waals surface area contributed by atoms with E-state index in [1.807, 2.05) is 35.0 Å².